The van der Waals surface area contributed by atoms with E-state index in [1.165, 1.54) is 26.4 Å². The van der Waals surface area contributed by atoms with E-state index in [0.717, 1.165) is 6.42 Å². The molecule has 0 heterocycles. The Labute approximate surface area is 159 Å². The first-order valence-corrected chi connectivity index (χ1v) is 9.98. The number of ether oxygens (including phenoxy) is 2. The van der Waals surface area contributed by atoms with Crippen molar-refractivity contribution in [2.75, 3.05) is 20.8 Å². The number of carbonyl (C=O) groups is 1. The maximum absolute atomic E-state index is 12.6. The molecule has 2 aromatic rings. The van der Waals surface area contributed by atoms with E-state index < -0.39 is 10.0 Å². The summed E-state index contributed by atoms with van der Waals surface area (Å²) < 4.78 is 38.1. The van der Waals surface area contributed by atoms with Gasteiger partial charge >= 0.3 is 0 Å². The topological polar surface area (TPSA) is 93.7 Å². The van der Waals surface area contributed by atoms with Crippen LogP contribution in [0.1, 0.15) is 29.3 Å². The number of methoxy groups -OCH3 is 2. The third-order valence-corrected chi connectivity index (χ3v) is 5.26. The van der Waals surface area contributed by atoms with Crippen molar-refractivity contribution in [2.45, 2.75) is 24.8 Å². The average molecular weight is 392 g/mol. The number of sulfonamides is 1. The minimum Gasteiger partial charge on any atom is -0.493 e. The number of carbonyl (C=O) groups excluding carboxylic acids is 1. The van der Waals surface area contributed by atoms with E-state index >= 15 is 0 Å². The van der Waals surface area contributed by atoms with Crippen molar-refractivity contribution >= 4 is 15.9 Å². The van der Waals surface area contributed by atoms with Gasteiger partial charge in [-0.2, -0.15) is 0 Å². The third kappa shape index (κ3) is 5.45. The SMILES string of the molecule is CCCNC(=O)c1cccc(S(=O)(=O)NCc2ccc(OC)c(OC)c2)c1. The number of hydrogen-bond donors (Lipinski definition) is 2. The zero-order valence-electron chi connectivity index (χ0n) is 15.6. The Hall–Kier alpha value is -2.58. The van der Waals surface area contributed by atoms with Crippen LogP contribution in [-0.2, 0) is 16.6 Å². The highest BCUT2D eigenvalue weighted by atomic mass is 32.2. The normalized spacial score (nSPS) is 11.1. The second-order valence-corrected chi connectivity index (χ2v) is 7.56. The molecule has 2 aromatic carbocycles. The molecule has 0 aliphatic rings. The molecular weight excluding hydrogens is 368 g/mol. The van der Waals surface area contributed by atoms with Gasteiger partial charge in [-0.15, -0.1) is 0 Å². The van der Waals surface area contributed by atoms with Crippen LogP contribution in [0.4, 0.5) is 0 Å². The molecule has 7 nitrogen and oxygen atoms in total. The fourth-order valence-corrected chi connectivity index (χ4v) is 3.46. The van der Waals surface area contributed by atoms with E-state index in [1.807, 2.05) is 6.92 Å². The smallest absolute Gasteiger partial charge is 0.251 e. The summed E-state index contributed by atoms with van der Waals surface area (Å²) in [6.07, 6.45) is 0.802. The highest BCUT2D eigenvalue weighted by molar-refractivity contribution is 7.89. The van der Waals surface area contributed by atoms with E-state index in [9.17, 15) is 13.2 Å². The van der Waals surface area contributed by atoms with Crippen LogP contribution in [0, 0.1) is 0 Å². The van der Waals surface area contributed by atoms with Crippen LogP contribution in [0.25, 0.3) is 0 Å². The van der Waals surface area contributed by atoms with Crippen LogP contribution in [0.3, 0.4) is 0 Å². The number of nitrogens with one attached hydrogen (secondary N) is 2. The molecule has 0 aliphatic heterocycles. The highest BCUT2D eigenvalue weighted by Crippen LogP contribution is 2.27. The summed E-state index contributed by atoms with van der Waals surface area (Å²) in [5.74, 6) is 0.785. The molecule has 0 spiro atoms. The third-order valence-electron chi connectivity index (χ3n) is 3.86. The zero-order chi connectivity index (χ0) is 19.9. The Bertz CT molecular complexity index is 897. The molecule has 0 saturated heterocycles. The van der Waals surface area contributed by atoms with Crippen molar-refractivity contribution in [2.24, 2.45) is 0 Å². The fourth-order valence-electron chi connectivity index (χ4n) is 2.40. The molecule has 0 aromatic heterocycles. The van der Waals surface area contributed by atoms with Gasteiger partial charge in [0.25, 0.3) is 5.91 Å². The second-order valence-electron chi connectivity index (χ2n) is 5.80. The van der Waals surface area contributed by atoms with Crippen molar-refractivity contribution in [3.8, 4) is 11.5 Å². The van der Waals surface area contributed by atoms with E-state index in [2.05, 4.69) is 10.0 Å². The summed E-state index contributed by atoms with van der Waals surface area (Å²) in [5.41, 5.74) is 1.02. The number of rotatable bonds is 9. The van der Waals surface area contributed by atoms with Gasteiger partial charge in [0, 0.05) is 18.7 Å². The summed E-state index contributed by atoms with van der Waals surface area (Å²) in [7, 11) is -0.726. The number of hydrogen-bond acceptors (Lipinski definition) is 5. The van der Waals surface area contributed by atoms with Gasteiger partial charge in [-0.25, -0.2) is 13.1 Å². The van der Waals surface area contributed by atoms with Crippen molar-refractivity contribution in [3.05, 3.63) is 53.6 Å². The molecule has 0 bridgehead atoms. The van der Waals surface area contributed by atoms with Gasteiger partial charge < -0.3 is 14.8 Å². The maximum Gasteiger partial charge on any atom is 0.251 e. The van der Waals surface area contributed by atoms with Gasteiger partial charge in [0.2, 0.25) is 10.0 Å². The van der Waals surface area contributed by atoms with E-state index in [4.69, 9.17) is 9.47 Å². The highest BCUT2D eigenvalue weighted by Gasteiger charge is 2.16. The van der Waals surface area contributed by atoms with Gasteiger partial charge in [0.15, 0.2) is 11.5 Å². The first-order valence-electron chi connectivity index (χ1n) is 8.50. The molecular formula is C19H24N2O5S. The predicted octanol–water partition coefficient (Wildman–Crippen LogP) is 2.32. The van der Waals surface area contributed by atoms with Gasteiger partial charge in [-0.3, -0.25) is 4.79 Å². The Morgan fingerprint density at radius 3 is 2.44 bits per heavy atom. The monoisotopic (exact) mass is 392 g/mol. The molecule has 2 N–H and O–H groups in total. The summed E-state index contributed by atoms with van der Waals surface area (Å²) in [5, 5.41) is 2.73. The average Bonchev–Trinajstić information content (AvgIpc) is 2.70. The Balaban J connectivity index is 2.14. The van der Waals surface area contributed by atoms with Crippen LogP contribution < -0.4 is 19.5 Å². The Morgan fingerprint density at radius 1 is 1.04 bits per heavy atom. The van der Waals surface area contributed by atoms with E-state index in [-0.39, 0.29) is 17.3 Å². The molecule has 27 heavy (non-hydrogen) atoms. The Morgan fingerprint density at radius 2 is 1.78 bits per heavy atom. The first-order chi connectivity index (χ1) is 12.9. The van der Waals surface area contributed by atoms with Gasteiger partial charge in [-0.1, -0.05) is 19.1 Å². The van der Waals surface area contributed by atoms with Crippen molar-refractivity contribution in [1.29, 1.82) is 0 Å². The number of benzene rings is 2. The lowest BCUT2D eigenvalue weighted by Gasteiger charge is -2.11. The molecule has 0 radical (unpaired) electrons. The van der Waals surface area contributed by atoms with Crippen LogP contribution >= 0.6 is 0 Å². The van der Waals surface area contributed by atoms with E-state index in [1.54, 1.807) is 30.3 Å². The second kappa shape index (κ2) is 9.38. The zero-order valence-corrected chi connectivity index (χ0v) is 16.4. The minimum atomic E-state index is -3.77. The summed E-state index contributed by atoms with van der Waals surface area (Å²) in [4.78, 5) is 12.1. The molecule has 0 fully saturated rings. The molecule has 0 saturated carbocycles. The minimum absolute atomic E-state index is 0.0344. The quantitative estimate of drug-likeness (QED) is 0.683. The van der Waals surface area contributed by atoms with Crippen molar-refractivity contribution < 1.29 is 22.7 Å². The van der Waals surface area contributed by atoms with Gasteiger partial charge in [0.1, 0.15) is 0 Å². The van der Waals surface area contributed by atoms with Crippen LogP contribution in [0.2, 0.25) is 0 Å². The number of amides is 1. The van der Waals surface area contributed by atoms with Crippen LogP contribution in [-0.4, -0.2) is 35.1 Å². The fraction of sp³-hybridized carbons (Fsp3) is 0.316. The molecule has 0 aliphatic carbocycles. The molecule has 0 unspecified atom stereocenters. The lowest BCUT2D eigenvalue weighted by Crippen LogP contribution is -2.26. The molecule has 2 rings (SSSR count). The van der Waals surface area contributed by atoms with Crippen molar-refractivity contribution in [1.82, 2.24) is 10.0 Å². The summed E-state index contributed by atoms with van der Waals surface area (Å²) in [6, 6.07) is 11.1. The van der Waals surface area contributed by atoms with E-state index in [0.29, 0.717) is 29.2 Å². The van der Waals surface area contributed by atoms with Gasteiger partial charge in [0.05, 0.1) is 19.1 Å². The molecule has 0 atom stereocenters. The predicted molar refractivity (Wildman–Crippen MR) is 103 cm³/mol. The molecule has 146 valence electrons. The lowest BCUT2D eigenvalue weighted by molar-refractivity contribution is 0.0953. The van der Waals surface area contributed by atoms with Gasteiger partial charge in [-0.05, 0) is 42.3 Å². The lowest BCUT2D eigenvalue weighted by atomic mass is 10.2. The molecule has 8 heteroatoms. The Kier molecular flexibility index (Phi) is 7.20. The largest absolute Gasteiger partial charge is 0.493 e. The van der Waals surface area contributed by atoms with Crippen LogP contribution in [0.15, 0.2) is 47.4 Å². The molecule has 1 amide bonds. The van der Waals surface area contributed by atoms with Crippen molar-refractivity contribution in [3.63, 3.8) is 0 Å². The van der Waals surface area contributed by atoms with Crippen LogP contribution in [0.5, 0.6) is 11.5 Å². The maximum atomic E-state index is 12.6. The summed E-state index contributed by atoms with van der Waals surface area (Å²) in [6.45, 7) is 2.56. The first kappa shape index (κ1) is 20.7. The summed E-state index contributed by atoms with van der Waals surface area (Å²) >= 11 is 0. The standard InChI is InChI=1S/C19H24N2O5S/c1-4-10-20-19(22)15-6-5-7-16(12-15)27(23,24)21-13-14-8-9-17(25-2)18(11-14)26-3/h5-9,11-12,21H,4,10,13H2,1-3H3,(H,20,22).